The lowest BCUT2D eigenvalue weighted by atomic mass is 10.1. The van der Waals surface area contributed by atoms with Gasteiger partial charge in [0.1, 0.15) is 11.1 Å². The molecule has 1 atom stereocenters. The SMILES string of the molecule is Cc1cc(-c2cccc3ncoc23)nc2c(C(=O)NC(C)C3CC3)cnn12. The average Bonchev–Trinajstić information content (AvgIpc) is 3.24. The molecule has 7 nitrogen and oxygen atoms in total. The first kappa shape index (κ1) is 16.0. The van der Waals surface area contributed by atoms with E-state index in [-0.39, 0.29) is 11.9 Å². The summed E-state index contributed by atoms with van der Waals surface area (Å²) in [6, 6.07) is 7.86. The number of amides is 1. The Morgan fingerprint density at radius 1 is 1.37 bits per heavy atom. The molecule has 1 amide bonds. The quantitative estimate of drug-likeness (QED) is 0.602. The standard InChI is InChI=1S/C20H19N5O2/c1-11-8-17(14-4-3-5-16-18(14)27-10-21-16)24-19-15(9-22-25(11)19)20(26)23-12(2)13-6-7-13/h3-5,8-10,12-13H,6-7H2,1-2H3,(H,23,26). The second-order valence-corrected chi connectivity index (χ2v) is 7.18. The third kappa shape index (κ3) is 2.66. The molecule has 1 aliphatic rings. The minimum Gasteiger partial charge on any atom is -0.443 e. The fourth-order valence-corrected chi connectivity index (χ4v) is 3.50. The number of carbonyl (C=O) groups excluding carboxylic acids is 1. The lowest BCUT2D eigenvalue weighted by Crippen LogP contribution is -2.34. The Kier molecular flexibility index (Phi) is 3.50. The molecule has 0 bridgehead atoms. The van der Waals surface area contributed by atoms with Crippen molar-refractivity contribution >= 4 is 22.7 Å². The third-order valence-electron chi connectivity index (χ3n) is 5.21. The Labute approximate surface area is 155 Å². The van der Waals surface area contributed by atoms with Gasteiger partial charge in [0.15, 0.2) is 17.6 Å². The zero-order chi connectivity index (χ0) is 18.5. The molecule has 1 N–H and O–H groups in total. The first-order chi connectivity index (χ1) is 13.1. The highest BCUT2D eigenvalue weighted by molar-refractivity contribution is 6.00. The van der Waals surface area contributed by atoms with E-state index in [0.717, 1.165) is 22.5 Å². The van der Waals surface area contributed by atoms with Crippen LogP contribution >= 0.6 is 0 Å². The van der Waals surface area contributed by atoms with E-state index in [9.17, 15) is 4.79 Å². The maximum absolute atomic E-state index is 12.8. The van der Waals surface area contributed by atoms with Gasteiger partial charge < -0.3 is 9.73 Å². The van der Waals surface area contributed by atoms with E-state index in [1.54, 1.807) is 10.7 Å². The number of rotatable bonds is 4. The van der Waals surface area contributed by atoms with Gasteiger partial charge in [-0.3, -0.25) is 4.79 Å². The van der Waals surface area contributed by atoms with Crippen LogP contribution in [0.4, 0.5) is 0 Å². The highest BCUT2D eigenvalue weighted by atomic mass is 16.3. The first-order valence-corrected chi connectivity index (χ1v) is 9.10. The Bertz CT molecular complexity index is 1170. The highest BCUT2D eigenvalue weighted by Crippen LogP contribution is 2.32. The van der Waals surface area contributed by atoms with Gasteiger partial charge in [-0.25, -0.2) is 14.5 Å². The van der Waals surface area contributed by atoms with E-state index in [0.29, 0.717) is 22.7 Å². The van der Waals surface area contributed by atoms with Gasteiger partial charge in [0, 0.05) is 17.3 Å². The first-order valence-electron chi connectivity index (χ1n) is 9.10. The number of para-hydroxylation sites is 1. The molecular formula is C20H19N5O2. The molecule has 1 saturated carbocycles. The number of carbonyl (C=O) groups is 1. The number of nitrogens with zero attached hydrogens (tertiary/aromatic N) is 4. The van der Waals surface area contributed by atoms with Crippen LogP contribution in [0, 0.1) is 12.8 Å². The molecule has 1 unspecified atom stereocenters. The van der Waals surface area contributed by atoms with Crippen molar-refractivity contribution in [2.75, 3.05) is 0 Å². The number of aromatic nitrogens is 4. The molecule has 3 heterocycles. The van der Waals surface area contributed by atoms with Crippen molar-refractivity contribution in [3.63, 3.8) is 0 Å². The van der Waals surface area contributed by atoms with Crippen LogP contribution in [-0.2, 0) is 0 Å². The molecule has 0 aliphatic heterocycles. The van der Waals surface area contributed by atoms with Crippen LogP contribution in [0.1, 0.15) is 35.8 Å². The van der Waals surface area contributed by atoms with Crippen LogP contribution < -0.4 is 5.32 Å². The van der Waals surface area contributed by atoms with E-state index < -0.39 is 0 Å². The Balaban J connectivity index is 1.61. The van der Waals surface area contributed by atoms with Gasteiger partial charge in [-0.2, -0.15) is 5.10 Å². The second kappa shape index (κ2) is 5.90. The summed E-state index contributed by atoms with van der Waals surface area (Å²) in [5.74, 6) is 0.455. The van der Waals surface area contributed by atoms with Crippen LogP contribution in [0.25, 0.3) is 28.0 Å². The van der Waals surface area contributed by atoms with E-state index in [1.807, 2.05) is 31.2 Å². The van der Waals surface area contributed by atoms with Crippen molar-refractivity contribution in [1.29, 1.82) is 0 Å². The molecule has 4 aromatic rings. The lowest BCUT2D eigenvalue weighted by molar-refractivity contribution is 0.0937. The van der Waals surface area contributed by atoms with Crippen molar-refractivity contribution in [1.82, 2.24) is 24.9 Å². The minimum atomic E-state index is -0.133. The summed E-state index contributed by atoms with van der Waals surface area (Å²) in [5, 5.41) is 7.43. The summed E-state index contributed by atoms with van der Waals surface area (Å²) in [7, 11) is 0. The van der Waals surface area contributed by atoms with Crippen LogP contribution in [0.15, 0.2) is 41.3 Å². The molecule has 7 heteroatoms. The summed E-state index contributed by atoms with van der Waals surface area (Å²) >= 11 is 0. The van der Waals surface area contributed by atoms with Crippen molar-refractivity contribution in [2.45, 2.75) is 32.7 Å². The van der Waals surface area contributed by atoms with Gasteiger partial charge in [-0.15, -0.1) is 0 Å². The van der Waals surface area contributed by atoms with Crippen LogP contribution in [0.2, 0.25) is 0 Å². The van der Waals surface area contributed by atoms with E-state index >= 15 is 0 Å². The van der Waals surface area contributed by atoms with Crippen LogP contribution in [-0.4, -0.2) is 31.5 Å². The molecule has 1 aromatic carbocycles. The molecule has 3 aromatic heterocycles. The Morgan fingerprint density at radius 3 is 3.04 bits per heavy atom. The molecule has 0 radical (unpaired) electrons. The predicted molar refractivity (Wildman–Crippen MR) is 100 cm³/mol. The molecule has 27 heavy (non-hydrogen) atoms. The van der Waals surface area contributed by atoms with Gasteiger partial charge in [-0.05, 0) is 50.8 Å². The van der Waals surface area contributed by atoms with Crippen molar-refractivity contribution < 1.29 is 9.21 Å². The lowest BCUT2D eigenvalue weighted by Gasteiger charge is -2.12. The zero-order valence-corrected chi connectivity index (χ0v) is 15.1. The molecule has 1 fully saturated rings. The van der Waals surface area contributed by atoms with Gasteiger partial charge in [0.05, 0.1) is 11.9 Å². The Morgan fingerprint density at radius 2 is 2.22 bits per heavy atom. The monoisotopic (exact) mass is 361 g/mol. The number of benzene rings is 1. The van der Waals surface area contributed by atoms with Crippen molar-refractivity contribution in [3.05, 3.63) is 48.1 Å². The molecule has 136 valence electrons. The largest absolute Gasteiger partial charge is 0.443 e. The molecule has 1 aliphatic carbocycles. The van der Waals surface area contributed by atoms with Crippen molar-refractivity contribution in [2.24, 2.45) is 5.92 Å². The second-order valence-electron chi connectivity index (χ2n) is 7.18. The Hall–Kier alpha value is -3.22. The molecule has 5 rings (SSSR count). The van der Waals surface area contributed by atoms with Crippen LogP contribution in [0.5, 0.6) is 0 Å². The number of hydrogen-bond donors (Lipinski definition) is 1. The third-order valence-corrected chi connectivity index (χ3v) is 5.21. The summed E-state index contributed by atoms with van der Waals surface area (Å²) in [6.45, 7) is 4.00. The van der Waals surface area contributed by atoms with Gasteiger partial charge in [0.25, 0.3) is 5.91 Å². The number of hydrogen-bond acceptors (Lipinski definition) is 5. The van der Waals surface area contributed by atoms with E-state index in [4.69, 9.17) is 9.40 Å². The van der Waals surface area contributed by atoms with Crippen LogP contribution in [0.3, 0.4) is 0 Å². The topological polar surface area (TPSA) is 85.3 Å². The minimum absolute atomic E-state index is 0.133. The highest BCUT2D eigenvalue weighted by Gasteiger charge is 2.30. The average molecular weight is 361 g/mol. The number of nitrogens with one attached hydrogen (secondary N) is 1. The fraction of sp³-hybridized carbons (Fsp3) is 0.300. The van der Waals surface area contributed by atoms with Crippen molar-refractivity contribution in [3.8, 4) is 11.3 Å². The van der Waals surface area contributed by atoms with Gasteiger partial charge in [-0.1, -0.05) is 6.07 Å². The number of fused-ring (bicyclic) bond motifs is 2. The maximum Gasteiger partial charge on any atom is 0.256 e. The van der Waals surface area contributed by atoms with Gasteiger partial charge in [0.2, 0.25) is 0 Å². The smallest absolute Gasteiger partial charge is 0.256 e. The van der Waals surface area contributed by atoms with E-state index in [1.165, 1.54) is 19.2 Å². The summed E-state index contributed by atoms with van der Waals surface area (Å²) < 4.78 is 7.24. The molecule has 0 saturated heterocycles. The number of oxazole rings is 1. The van der Waals surface area contributed by atoms with Gasteiger partial charge >= 0.3 is 0 Å². The molecular weight excluding hydrogens is 342 g/mol. The summed E-state index contributed by atoms with van der Waals surface area (Å²) in [4.78, 5) is 21.7. The fourth-order valence-electron chi connectivity index (χ4n) is 3.50. The summed E-state index contributed by atoms with van der Waals surface area (Å²) in [5.41, 5.74) is 4.94. The van der Waals surface area contributed by atoms with E-state index in [2.05, 4.69) is 22.3 Å². The predicted octanol–water partition coefficient (Wildman–Crippen LogP) is 3.37. The zero-order valence-electron chi connectivity index (χ0n) is 15.1. The normalized spacial score (nSPS) is 15.3. The maximum atomic E-state index is 12.8. The summed E-state index contributed by atoms with van der Waals surface area (Å²) in [6.07, 6.45) is 5.37. The molecule has 0 spiro atoms. The number of aryl methyl sites for hydroxylation is 1.